The second kappa shape index (κ2) is 7.73. The van der Waals surface area contributed by atoms with Crippen molar-refractivity contribution in [1.82, 2.24) is 16.0 Å². The highest BCUT2D eigenvalue weighted by Gasteiger charge is 2.53. The Morgan fingerprint density at radius 2 is 1.44 bits per heavy atom. The van der Waals surface area contributed by atoms with E-state index in [4.69, 9.17) is 0 Å². The molecule has 0 spiro atoms. The zero-order chi connectivity index (χ0) is 19.0. The van der Waals surface area contributed by atoms with Crippen LogP contribution in [0.15, 0.2) is 0 Å². The molecule has 5 nitrogen and oxygen atoms in total. The summed E-state index contributed by atoms with van der Waals surface area (Å²) in [7, 11) is 0. The Kier molecular flexibility index (Phi) is 5.50. The maximum absolute atomic E-state index is 12.5. The van der Waals surface area contributed by atoms with E-state index in [1.165, 1.54) is 57.8 Å². The summed E-state index contributed by atoms with van der Waals surface area (Å²) in [5, 5.41) is 9.08. The summed E-state index contributed by atoms with van der Waals surface area (Å²) in [4.78, 5) is 24.7. The van der Waals surface area contributed by atoms with Crippen LogP contribution in [0.1, 0.15) is 84.5 Å². The van der Waals surface area contributed by atoms with E-state index in [-0.39, 0.29) is 24.0 Å². The molecular weight excluding hydrogens is 338 g/mol. The van der Waals surface area contributed by atoms with Gasteiger partial charge in [-0.2, -0.15) is 0 Å². The van der Waals surface area contributed by atoms with Crippen LogP contribution in [0.5, 0.6) is 0 Å². The molecule has 0 unspecified atom stereocenters. The van der Waals surface area contributed by atoms with Crippen LogP contribution in [0.2, 0.25) is 0 Å². The van der Waals surface area contributed by atoms with Crippen molar-refractivity contribution < 1.29 is 9.59 Å². The molecule has 5 aliphatic carbocycles. The quantitative estimate of drug-likeness (QED) is 0.686. The van der Waals surface area contributed by atoms with Crippen LogP contribution in [-0.2, 0) is 4.79 Å². The van der Waals surface area contributed by atoms with Crippen LogP contribution in [0.4, 0.5) is 4.79 Å². The third-order valence-electron chi connectivity index (χ3n) is 8.07. The maximum Gasteiger partial charge on any atom is 0.321 e. The fourth-order valence-corrected chi connectivity index (χ4v) is 7.02. The molecule has 0 aliphatic heterocycles. The van der Waals surface area contributed by atoms with Crippen molar-refractivity contribution in [3.05, 3.63) is 0 Å². The maximum atomic E-state index is 12.5. The summed E-state index contributed by atoms with van der Waals surface area (Å²) in [6.07, 6.45) is 13.9. The minimum atomic E-state index is -0.342. The number of carbonyl (C=O) groups is 2. The van der Waals surface area contributed by atoms with Gasteiger partial charge in [0.1, 0.15) is 0 Å². The van der Waals surface area contributed by atoms with Gasteiger partial charge in [-0.3, -0.25) is 10.1 Å². The zero-order valence-electron chi connectivity index (χ0n) is 17.1. The van der Waals surface area contributed by atoms with Gasteiger partial charge in [0.25, 0.3) is 0 Å². The minimum absolute atomic E-state index is 0.208. The van der Waals surface area contributed by atoms with E-state index in [1.807, 2.05) is 6.92 Å². The monoisotopic (exact) mass is 375 g/mol. The van der Waals surface area contributed by atoms with Gasteiger partial charge in [-0.05, 0) is 88.4 Å². The number of imide groups is 1. The summed E-state index contributed by atoms with van der Waals surface area (Å²) >= 11 is 0. The molecule has 3 N–H and O–H groups in total. The van der Waals surface area contributed by atoms with E-state index in [2.05, 4.69) is 22.9 Å². The van der Waals surface area contributed by atoms with Gasteiger partial charge in [0.05, 0.1) is 6.04 Å². The molecule has 5 fully saturated rings. The Labute approximate surface area is 163 Å². The van der Waals surface area contributed by atoms with Crippen LogP contribution in [0.3, 0.4) is 0 Å². The molecule has 4 bridgehead atoms. The highest BCUT2D eigenvalue weighted by Crippen LogP contribution is 2.61. The first kappa shape index (κ1) is 19.2. The van der Waals surface area contributed by atoms with Crippen molar-refractivity contribution in [2.24, 2.45) is 23.2 Å². The fourth-order valence-electron chi connectivity index (χ4n) is 7.02. The summed E-state index contributed by atoms with van der Waals surface area (Å²) in [5.41, 5.74) is 0.369. The third kappa shape index (κ3) is 4.18. The van der Waals surface area contributed by atoms with E-state index in [0.717, 1.165) is 30.6 Å². The van der Waals surface area contributed by atoms with Gasteiger partial charge in [-0.15, -0.1) is 0 Å². The number of carbonyl (C=O) groups excluding carboxylic acids is 2. The Hall–Kier alpha value is -1.10. The predicted octanol–water partition coefficient (Wildman–Crippen LogP) is 3.73. The van der Waals surface area contributed by atoms with Crippen molar-refractivity contribution in [2.75, 3.05) is 0 Å². The van der Waals surface area contributed by atoms with Gasteiger partial charge in [-0.1, -0.05) is 19.3 Å². The lowest BCUT2D eigenvalue weighted by Gasteiger charge is -2.59. The fraction of sp³-hybridized carbons (Fsp3) is 0.909. The smallest absolute Gasteiger partial charge is 0.321 e. The van der Waals surface area contributed by atoms with Gasteiger partial charge >= 0.3 is 6.03 Å². The molecule has 5 saturated carbocycles. The van der Waals surface area contributed by atoms with Crippen LogP contribution in [-0.4, -0.2) is 30.1 Å². The van der Waals surface area contributed by atoms with Gasteiger partial charge in [0.15, 0.2) is 0 Å². The molecule has 0 heterocycles. The molecule has 0 aromatic heterocycles. The average Bonchev–Trinajstić information content (AvgIpc) is 2.61. The number of rotatable bonds is 5. The van der Waals surface area contributed by atoms with E-state index < -0.39 is 0 Å². The first-order valence-corrected chi connectivity index (χ1v) is 11.3. The molecule has 0 aromatic carbocycles. The second-order valence-corrected chi connectivity index (χ2v) is 10.2. The summed E-state index contributed by atoms with van der Waals surface area (Å²) in [6.45, 7) is 4.15. The second-order valence-electron chi connectivity index (χ2n) is 10.2. The normalized spacial score (nSPS) is 37.6. The van der Waals surface area contributed by atoms with Crippen molar-refractivity contribution in [1.29, 1.82) is 0 Å². The summed E-state index contributed by atoms with van der Waals surface area (Å²) < 4.78 is 0. The van der Waals surface area contributed by atoms with E-state index >= 15 is 0 Å². The summed E-state index contributed by atoms with van der Waals surface area (Å²) in [5.74, 6) is 2.52. The zero-order valence-corrected chi connectivity index (χ0v) is 17.1. The molecule has 27 heavy (non-hydrogen) atoms. The predicted molar refractivity (Wildman–Crippen MR) is 106 cm³/mol. The topological polar surface area (TPSA) is 70.2 Å². The first-order chi connectivity index (χ1) is 12.9. The van der Waals surface area contributed by atoms with Gasteiger partial charge in [-0.25, -0.2) is 4.79 Å². The third-order valence-corrected chi connectivity index (χ3v) is 8.07. The van der Waals surface area contributed by atoms with Crippen molar-refractivity contribution >= 4 is 11.9 Å². The van der Waals surface area contributed by atoms with E-state index in [0.29, 0.717) is 11.5 Å². The number of urea groups is 1. The Balaban J connectivity index is 1.27. The molecule has 0 saturated heterocycles. The lowest BCUT2D eigenvalue weighted by atomic mass is 9.48. The van der Waals surface area contributed by atoms with Crippen LogP contribution in [0.25, 0.3) is 0 Å². The van der Waals surface area contributed by atoms with Gasteiger partial charge in [0, 0.05) is 12.1 Å². The van der Waals surface area contributed by atoms with Crippen LogP contribution < -0.4 is 16.0 Å². The molecule has 0 radical (unpaired) electrons. The van der Waals surface area contributed by atoms with Crippen molar-refractivity contribution in [2.45, 2.75) is 103 Å². The lowest BCUT2D eigenvalue weighted by molar-refractivity contribution is -0.123. The van der Waals surface area contributed by atoms with Crippen LogP contribution in [0, 0.1) is 23.2 Å². The number of amides is 3. The molecule has 2 atom stereocenters. The van der Waals surface area contributed by atoms with Crippen molar-refractivity contribution in [3.63, 3.8) is 0 Å². The molecule has 5 aliphatic rings. The van der Waals surface area contributed by atoms with E-state index in [1.54, 1.807) is 0 Å². The largest absolute Gasteiger partial charge is 0.335 e. The first-order valence-electron chi connectivity index (χ1n) is 11.3. The minimum Gasteiger partial charge on any atom is -0.335 e. The molecule has 0 aromatic rings. The van der Waals surface area contributed by atoms with Crippen LogP contribution >= 0.6 is 0 Å². The van der Waals surface area contributed by atoms with Gasteiger partial charge < -0.3 is 10.6 Å². The molecule has 3 amide bonds. The molecule has 152 valence electrons. The van der Waals surface area contributed by atoms with E-state index in [9.17, 15) is 9.59 Å². The number of hydrogen-bond acceptors (Lipinski definition) is 3. The van der Waals surface area contributed by atoms with Crippen molar-refractivity contribution in [3.8, 4) is 0 Å². The highest BCUT2D eigenvalue weighted by atomic mass is 16.2. The number of nitrogens with one attached hydrogen (secondary N) is 3. The Morgan fingerprint density at radius 1 is 0.889 bits per heavy atom. The SMILES string of the molecule is C[C@H](N[C@@H](C)C12CC3CC(CC(C3)C1)C2)C(=O)NC(=O)NC1CCCCC1. The number of hydrogen-bond donors (Lipinski definition) is 3. The standard InChI is InChI=1S/C22H37N3O2/c1-14(20(26)25-21(27)24-19-6-4-3-5-7-19)23-15(2)22-11-16-8-17(12-22)10-18(9-16)13-22/h14-19,23H,3-13H2,1-2H3,(H2,24,25,26,27)/t14-,15-,16?,17?,18?,22?/m0/s1. The highest BCUT2D eigenvalue weighted by molar-refractivity contribution is 5.96. The molecule has 5 heteroatoms. The molecular formula is C22H37N3O2. The summed E-state index contributed by atoms with van der Waals surface area (Å²) in [6, 6.07) is -0.123. The Morgan fingerprint density at radius 3 is 2.00 bits per heavy atom. The lowest BCUT2D eigenvalue weighted by Crippen LogP contribution is -2.58. The van der Waals surface area contributed by atoms with Gasteiger partial charge in [0.2, 0.25) is 5.91 Å². The average molecular weight is 376 g/mol. The Bertz CT molecular complexity index is 535. The molecule has 5 rings (SSSR count).